The molecule has 0 aliphatic heterocycles. The highest BCUT2D eigenvalue weighted by molar-refractivity contribution is 5.50. The fourth-order valence-electron chi connectivity index (χ4n) is 2.29. The first-order valence-corrected chi connectivity index (χ1v) is 5.86. The molecular weight excluding hydrogens is 214 g/mol. The SMILES string of the molecule is COc1c(C)cc(C(CO)N(C)C)c(C)c1C. The normalized spacial score (nSPS) is 12.9. The molecule has 96 valence electrons. The van der Waals surface area contributed by atoms with Gasteiger partial charge in [-0.1, -0.05) is 6.07 Å². The van der Waals surface area contributed by atoms with Gasteiger partial charge >= 0.3 is 0 Å². The van der Waals surface area contributed by atoms with E-state index in [0.29, 0.717) is 0 Å². The monoisotopic (exact) mass is 237 g/mol. The molecule has 0 bridgehead atoms. The van der Waals surface area contributed by atoms with Gasteiger partial charge in [0.15, 0.2) is 0 Å². The number of ether oxygens (including phenoxy) is 1. The molecule has 3 nitrogen and oxygen atoms in total. The lowest BCUT2D eigenvalue weighted by molar-refractivity contribution is 0.170. The van der Waals surface area contributed by atoms with Gasteiger partial charge < -0.3 is 14.7 Å². The Morgan fingerprint density at radius 3 is 2.24 bits per heavy atom. The third-order valence-corrected chi connectivity index (χ3v) is 3.43. The van der Waals surface area contributed by atoms with E-state index in [0.717, 1.165) is 16.9 Å². The molecular formula is C14H23NO2. The van der Waals surface area contributed by atoms with Crippen LogP contribution >= 0.6 is 0 Å². The van der Waals surface area contributed by atoms with Crippen molar-refractivity contribution in [1.29, 1.82) is 0 Å². The second-order valence-electron chi connectivity index (χ2n) is 4.73. The van der Waals surface area contributed by atoms with Gasteiger partial charge in [0.2, 0.25) is 0 Å². The molecule has 0 fully saturated rings. The number of hydrogen-bond acceptors (Lipinski definition) is 3. The average molecular weight is 237 g/mol. The molecule has 1 aromatic rings. The first-order valence-electron chi connectivity index (χ1n) is 5.86. The van der Waals surface area contributed by atoms with E-state index in [-0.39, 0.29) is 12.6 Å². The van der Waals surface area contributed by atoms with Crippen molar-refractivity contribution in [2.75, 3.05) is 27.8 Å². The van der Waals surface area contributed by atoms with Crippen LogP contribution in [-0.4, -0.2) is 37.8 Å². The van der Waals surface area contributed by atoms with Crippen LogP contribution < -0.4 is 4.74 Å². The molecule has 0 amide bonds. The van der Waals surface area contributed by atoms with Crippen molar-refractivity contribution < 1.29 is 9.84 Å². The third kappa shape index (κ3) is 2.61. The molecule has 0 aliphatic carbocycles. The summed E-state index contributed by atoms with van der Waals surface area (Å²) in [5.41, 5.74) is 4.64. The minimum atomic E-state index is 0.0401. The van der Waals surface area contributed by atoms with Crippen LogP contribution in [0.1, 0.15) is 28.3 Å². The van der Waals surface area contributed by atoms with Crippen molar-refractivity contribution in [3.8, 4) is 5.75 Å². The van der Waals surface area contributed by atoms with Crippen molar-refractivity contribution >= 4 is 0 Å². The van der Waals surface area contributed by atoms with E-state index in [1.165, 1.54) is 11.1 Å². The summed E-state index contributed by atoms with van der Waals surface area (Å²) in [6.45, 7) is 6.31. The van der Waals surface area contributed by atoms with Crippen molar-refractivity contribution in [2.24, 2.45) is 0 Å². The molecule has 17 heavy (non-hydrogen) atoms. The highest BCUT2D eigenvalue weighted by Crippen LogP contribution is 2.32. The zero-order valence-electron chi connectivity index (χ0n) is 11.7. The van der Waals surface area contributed by atoms with Crippen LogP contribution in [0.2, 0.25) is 0 Å². The molecule has 3 heteroatoms. The van der Waals surface area contributed by atoms with E-state index in [2.05, 4.69) is 19.9 Å². The van der Waals surface area contributed by atoms with Crippen molar-refractivity contribution in [1.82, 2.24) is 4.90 Å². The molecule has 1 rings (SSSR count). The highest BCUT2D eigenvalue weighted by atomic mass is 16.5. The number of nitrogens with zero attached hydrogens (tertiary/aromatic N) is 1. The summed E-state index contributed by atoms with van der Waals surface area (Å²) < 4.78 is 5.41. The van der Waals surface area contributed by atoms with E-state index < -0.39 is 0 Å². The van der Waals surface area contributed by atoms with Crippen molar-refractivity contribution in [2.45, 2.75) is 26.8 Å². The van der Waals surface area contributed by atoms with Gasteiger partial charge in [-0.3, -0.25) is 0 Å². The smallest absolute Gasteiger partial charge is 0.124 e. The van der Waals surface area contributed by atoms with Gasteiger partial charge in [0.1, 0.15) is 5.75 Å². The maximum absolute atomic E-state index is 9.51. The number of likely N-dealkylation sites (N-methyl/N-ethyl adjacent to an activating group) is 1. The second-order valence-corrected chi connectivity index (χ2v) is 4.73. The predicted molar refractivity (Wildman–Crippen MR) is 70.7 cm³/mol. The molecule has 0 saturated carbocycles. The molecule has 1 N–H and O–H groups in total. The lowest BCUT2D eigenvalue weighted by Crippen LogP contribution is -2.24. The maximum Gasteiger partial charge on any atom is 0.124 e. The summed E-state index contributed by atoms with van der Waals surface area (Å²) in [6.07, 6.45) is 0. The molecule has 1 aromatic carbocycles. The number of aryl methyl sites for hydroxylation is 1. The zero-order chi connectivity index (χ0) is 13.2. The predicted octanol–water partition coefficient (Wildman–Crippen LogP) is 2.22. The fraction of sp³-hybridized carbons (Fsp3) is 0.571. The summed E-state index contributed by atoms with van der Waals surface area (Å²) >= 11 is 0. The first-order chi connectivity index (χ1) is 7.93. The molecule has 0 saturated heterocycles. The summed E-state index contributed by atoms with van der Waals surface area (Å²) in [6, 6.07) is 2.15. The lowest BCUT2D eigenvalue weighted by atomic mass is 9.93. The van der Waals surface area contributed by atoms with Gasteiger partial charge in [-0.05, 0) is 57.1 Å². The third-order valence-electron chi connectivity index (χ3n) is 3.43. The number of rotatable bonds is 4. The Bertz CT molecular complexity index is 400. The van der Waals surface area contributed by atoms with Crippen LogP contribution in [0.4, 0.5) is 0 Å². The standard InChI is InChI=1S/C14H23NO2/c1-9-7-12(13(8-16)15(4)5)10(2)11(3)14(9)17-6/h7,13,16H,8H2,1-6H3. The summed E-state index contributed by atoms with van der Waals surface area (Å²) in [5.74, 6) is 0.946. The van der Waals surface area contributed by atoms with Crippen LogP contribution in [0.5, 0.6) is 5.75 Å². The summed E-state index contributed by atoms with van der Waals surface area (Å²) in [4.78, 5) is 2.04. The van der Waals surface area contributed by atoms with E-state index in [9.17, 15) is 5.11 Å². The Hall–Kier alpha value is -1.06. The molecule has 0 spiro atoms. The zero-order valence-corrected chi connectivity index (χ0v) is 11.7. The lowest BCUT2D eigenvalue weighted by Gasteiger charge is -2.26. The van der Waals surface area contributed by atoms with Crippen LogP contribution in [0.3, 0.4) is 0 Å². The van der Waals surface area contributed by atoms with Gasteiger partial charge in [-0.25, -0.2) is 0 Å². The van der Waals surface area contributed by atoms with E-state index >= 15 is 0 Å². The quantitative estimate of drug-likeness (QED) is 0.871. The molecule has 0 heterocycles. The fourth-order valence-corrected chi connectivity index (χ4v) is 2.29. The molecule has 0 radical (unpaired) electrons. The molecule has 1 atom stereocenters. The summed E-state index contributed by atoms with van der Waals surface area (Å²) in [7, 11) is 5.66. The van der Waals surface area contributed by atoms with Crippen molar-refractivity contribution in [3.05, 3.63) is 28.3 Å². The molecule has 0 aliphatic rings. The van der Waals surface area contributed by atoms with Crippen LogP contribution in [0.25, 0.3) is 0 Å². The Kier molecular flexibility index (Phi) is 4.54. The van der Waals surface area contributed by atoms with Crippen LogP contribution in [0, 0.1) is 20.8 Å². The second kappa shape index (κ2) is 5.52. The number of aliphatic hydroxyl groups excluding tert-OH is 1. The van der Waals surface area contributed by atoms with Gasteiger partial charge in [0, 0.05) is 0 Å². The minimum Gasteiger partial charge on any atom is -0.496 e. The number of aliphatic hydroxyl groups is 1. The van der Waals surface area contributed by atoms with Crippen molar-refractivity contribution in [3.63, 3.8) is 0 Å². The molecule has 1 unspecified atom stereocenters. The number of hydrogen-bond donors (Lipinski definition) is 1. The first kappa shape index (κ1) is 14.0. The maximum atomic E-state index is 9.51. The van der Waals surface area contributed by atoms with E-state index in [4.69, 9.17) is 4.74 Å². The molecule has 0 aromatic heterocycles. The van der Waals surface area contributed by atoms with Gasteiger partial charge in [-0.15, -0.1) is 0 Å². The minimum absolute atomic E-state index is 0.0401. The Morgan fingerprint density at radius 2 is 1.82 bits per heavy atom. The van der Waals surface area contributed by atoms with Crippen LogP contribution in [0.15, 0.2) is 6.07 Å². The van der Waals surface area contributed by atoms with E-state index in [1.54, 1.807) is 7.11 Å². The Morgan fingerprint density at radius 1 is 1.24 bits per heavy atom. The van der Waals surface area contributed by atoms with E-state index in [1.807, 2.05) is 25.9 Å². The topological polar surface area (TPSA) is 32.7 Å². The highest BCUT2D eigenvalue weighted by Gasteiger charge is 2.19. The van der Waals surface area contributed by atoms with Gasteiger partial charge in [-0.2, -0.15) is 0 Å². The average Bonchev–Trinajstić information content (AvgIpc) is 2.26. The summed E-state index contributed by atoms with van der Waals surface area (Å²) in [5, 5.41) is 9.51. The number of methoxy groups -OCH3 is 1. The van der Waals surface area contributed by atoms with Gasteiger partial charge in [0.25, 0.3) is 0 Å². The van der Waals surface area contributed by atoms with Crippen LogP contribution in [-0.2, 0) is 0 Å². The number of benzene rings is 1. The largest absolute Gasteiger partial charge is 0.496 e. The Labute approximate surface area is 104 Å². The Balaban J connectivity index is 3.36. The van der Waals surface area contributed by atoms with Gasteiger partial charge in [0.05, 0.1) is 19.8 Å².